The fourth-order valence-corrected chi connectivity index (χ4v) is 1.80. The molecule has 0 aromatic carbocycles. The maximum atomic E-state index is 11.0. The summed E-state index contributed by atoms with van der Waals surface area (Å²) in [6.45, 7) is 4.07. The minimum Gasteiger partial charge on any atom is -0.457 e. The van der Waals surface area contributed by atoms with Crippen LogP contribution in [0.5, 0.6) is 0 Å². The summed E-state index contributed by atoms with van der Waals surface area (Å²) in [6, 6.07) is -0.893. The lowest BCUT2D eigenvalue weighted by atomic mass is 9.96. The van der Waals surface area contributed by atoms with E-state index in [0.717, 1.165) is 0 Å². The Labute approximate surface area is 98.7 Å². The van der Waals surface area contributed by atoms with Crippen LogP contribution in [0.15, 0.2) is 0 Å². The van der Waals surface area contributed by atoms with Crippen LogP contribution in [0.2, 0.25) is 0 Å². The smallest absolute Gasteiger partial charge is 0.303 e. The van der Waals surface area contributed by atoms with Crippen LogP contribution in [0.4, 0.5) is 0 Å². The van der Waals surface area contributed by atoms with Gasteiger partial charge in [-0.2, -0.15) is 0 Å². The molecular formula is C10H17NO6. The van der Waals surface area contributed by atoms with Crippen molar-refractivity contribution < 1.29 is 29.3 Å². The Morgan fingerprint density at radius 1 is 1.29 bits per heavy atom. The third kappa shape index (κ3) is 3.39. The van der Waals surface area contributed by atoms with E-state index >= 15 is 0 Å². The molecular weight excluding hydrogens is 230 g/mol. The fraction of sp³-hybridized carbons (Fsp3) is 0.800. The van der Waals surface area contributed by atoms with Crippen LogP contribution in [0.3, 0.4) is 0 Å². The molecule has 1 fully saturated rings. The summed E-state index contributed by atoms with van der Waals surface area (Å²) in [7, 11) is 0. The van der Waals surface area contributed by atoms with Crippen LogP contribution in [-0.4, -0.2) is 52.7 Å². The van der Waals surface area contributed by atoms with E-state index in [4.69, 9.17) is 9.47 Å². The number of aliphatic hydroxyl groups excluding tert-OH is 2. The van der Waals surface area contributed by atoms with Crippen LogP contribution in [0.1, 0.15) is 20.8 Å². The standard InChI is InChI=1S/C10H17NO6/c1-4-9(17-6(3)13)7(11-5(2)12)8(14)10(15)16-4/h4,7-10,14-15H,1-3H3,(H,11,12)/t4-,7-,8-,9+,10-/m1/s1. The molecule has 98 valence electrons. The van der Waals surface area contributed by atoms with Gasteiger partial charge in [0.2, 0.25) is 5.91 Å². The molecule has 0 unspecified atom stereocenters. The first-order chi connectivity index (χ1) is 7.82. The maximum Gasteiger partial charge on any atom is 0.303 e. The Morgan fingerprint density at radius 3 is 2.35 bits per heavy atom. The van der Waals surface area contributed by atoms with Gasteiger partial charge >= 0.3 is 5.97 Å². The predicted octanol–water partition coefficient (Wildman–Crippen LogP) is -1.48. The molecule has 1 saturated heterocycles. The number of ether oxygens (including phenoxy) is 2. The number of nitrogens with one attached hydrogen (secondary N) is 1. The van der Waals surface area contributed by atoms with E-state index in [1.54, 1.807) is 6.92 Å². The summed E-state index contributed by atoms with van der Waals surface area (Å²) in [4.78, 5) is 22.0. The van der Waals surface area contributed by atoms with E-state index in [1.165, 1.54) is 13.8 Å². The molecule has 7 heteroatoms. The Kier molecular flexibility index (Phi) is 4.44. The number of amides is 1. The molecule has 0 aliphatic carbocycles. The second-order valence-corrected chi connectivity index (χ2v) is 4.02. The highest BCUT2D eigenvalue weighted by Gasteiger charge is 2.45. The van der Waals surface area contributed by atoms with E-state index < -0.39 is 42.5 Å². The molecule has 0 aromatic heterocycles. The monoisotopic (exact) mass is 247 g/mol. The first-order valence-corrected chi connectivity index (χ1v) is 5.29. The average molecular weight is 247 g/mol. The molecule has 3 N–H and O–H groups in total. The minimum atomic E-state index is -1.42. The van der Waals surface area contributed by atoms with Crippen molar-refractivity contribution >= 4 is 11.9 Å². The van der Waals surface area contributed by atoms with E-state index in [2.05, 4.69) is 5.32 Å². The third-order valence-corrected chi connectivity index (χ3v) is 2.50. The number of carbonyl (C=O) groups excluding carboxylic acids is 2. The van der Waals surface area contributed by atoms with Gasteiger partial charge in [-0.3, -0.25) is 9.59 Å². The predicted molar refractivity (Wildman–Crippen MR) is 55.7 cm³/mol. The number of hydrogen-bond donors (Lipinski definition) is 3. The van der Waals surface area contributed by atoms with Gasteiger partial charge < -0.3 is 25.0 Å². The van der Waals surface area contributed by atoms with Crippen molar-refractivity contribution in [2.45, 2.75) is 51.4 Å². The Hall–Kier alpha value is -1.18. The molecule has 0 saturated carbocycles. The van der Waals surface area contributed by atoms with Crippen LogP contribution < -0.4 is 5.32 Å². The summed E-state index contributed by atoms with van der Waals surface area (Å²) in [5, 5.41) is 21.6. The maximum absolute atomic E-state index is 11.0. The van der Waals surface area contributed by atoms with E-state index in [1.807, 2.05) is 0 Å². The molecule has 7 nitrogen and oxygen atoms in total. The molecule has 17 heavy (non-hydrogen) atoms. The zero-order valence-electron chi connectivity index (χ0n) is 9.91. The summed E-state index contributed by atoms with van der Waals surface area (Å²) in [6.07, 6.45) is -4.24. The Bertz CT molecular complexity index is 307. The summed E-state index contributed by atoms with van der Waals surface area (Å²) < 4.78 is 9.99. The SMILES string of the molecule is CC(=O)N[C@@H]1[C@@H](O)[C@H](O)O[C@H](C)[C@@H]1OC(C)=O. The van der Waals surface area contributed by atoms with Crippen LogP contribution in [0.25, 0.3) is 0 Å². The Morgan fingerprint density at radius 2 is 1.88 bits per heavy atom. The minimum absolute atomic E-state index is 0.396. The number of carbonyl (C=O) groups is 2. The summed E-state index contributed by atoms with van der Waals surface area (Å²) in [5.74, 6) is -0.947. The van der Waals surface area contributed by atoms with E-state index in [-0.39, 0.29) is 0 Å². The lowest BCUT2D eigenvalue weighted by Gasteiger charge is -2.41. The van der Waals surface area contributed by atoms with Gasteiger partial charge in [0.15, 0.2) is 12.4 Å². The van der Waals surface area contributed by atoms with Crippen molar-refractivity contribution in [3.05, 3.63) is 0 Å². The van der Waals surface area contributed by atoms with Crippen molar-refractivity contribution in [2.75, 3.05) is 0 Å². The molecule has 0 radical (unpaired) electrons. The summed E-state index contributed by atoms with van der Waals surface area (Å²) in [5.41, 5.74) is 0. The van der Waals surface area contributed by atoms with Crippen molar-refractivity contribution in [1.29, 1.82) is 0 Å². The number of hydrogen-bond acceptors (Lipinski definition) is 6. The zero-order chi connectivity index (χ0) is 13.2. The normalized spacial score (nSPS) is 37.4. The van der Waals surface area contributed by atoms with Gasteiger partial charge in [-0.05, 0) is 6.92 Å². The van der Waals surface area contributed by atoms with Crippen molar-refractivity contribution in [2.24, 2.45) is 0 Å². The molecule has 0 bridgehead atoms. The van der Waals surface area contributed by atoms with Crippen LogP contribution in [0, 0.1) is 0 Å². The van der Waals surface area contributed by atoms with E-state index in [0.29, 0.717) is 0 Å². The first kappa shape index (κ1) is 13.9. The third-order valence-electron chi connectivity index (χ3n) is 2.50. The lowest BCUT2D eigenvalue weighted by Crippen LogP contribution is -2.64. The van der Waals surface area contributed by atoms with Gasteiger partial charge in [0, 0.05) is 13.8 Å². The van der Waals surface area contributed by atoms with Gasteiger partial charge in [0.1, 0.15) is 6.10 Å². The molecule has 1 heterocycles. The fourth-order valence-electron chi connectivity index (χ4n) is 1.80. The molecule has 1 amide bonds. The first-order valence-electron chi connectivity index (χ1n) is 5.29. The second kappa shape index (κ2) is 5.44. The molecule has 5 atom stereocenters. The Balaban J connectivity index is 2.86. The zero-order valence-corrected chi connectivity index (χ0v) is 9.91. The largest absolute Gasteiger partial charge is 0.457 e. The molecule has 1 aliphatic heterocycles. The van der Waals surface area contributed by atoms with Crippen molar-refractivity contribution in [1.82, 2.24) is 5.32 Å². The van der Waals surface area contributed by atoms with Crippen molar-refractivity contribution in [3.63, 3.8) is 0 Å². The van der Waals surface area contributed by atoms with Gasteiger partial charge in [-0.1, -0.05) is 0 Å². The number of esters is 1. The molecule has 0 spiro atoms. The van der Waals surface area contributed by atoms with Gasteiger partial charge in [-0.25, -0.2) is 0 Å². The number of aliphatic hydroxyl groups is 2. The molecule has 1 aliphatic rings. The second-order valence-electron chi connectivity index (χ2n) is 4.02. The average Bonchev–Trinajstić information content (AvgIpc) is 2.19. The quantitative estimate of drug-likeness (QED) is 0.514. The van der Waals surface area contributed by atoms with E-state index in [9.17, 15) is 19.8 Å². The van der Waals surface area contributed by atoms with Crippen molar-refractivity contribution in [3.8, 4) is 0 Å². The lowest BCUT2D eigenvalue weighted by molar-refractivity contribution is -0.256. The van der Waals surface area contributed by atoms with Gasteiger partial charge in [0.05, 0.1) is 12.1 Å². The highest BCUT2D eigenvalue weighted by Crippen LogP contribution is 2.22. The summed E-state index contributed by atoms with van der Waals surface area (Å²) >= 11 is 0. The van der Waals surface area contributed by atoms with Crippen LogP contribution >= 0.6 is 0 Å². The molecule has 0 aromatic rings. The highest BCUT2D eigenvalue weighted by molar-refractivity contribution is 5.73. The van der Waals surface area contributed by atoms with Crippen LogP contribution in [-0.2, 0) is 19.1 Å². The molecule has 1 rings (SSSR count). The topological polar surface area (TPSA) is 105 Å². The highest BCUT2D eigenvalue weighted by atomic mass is 16.6. The van der Waals surface area contributed by atoms with Gasteiger partial charge in [-0.15, -0.1) is 0 Å². The van der Waals surface area contributed by atoms with Gasteiger partial charge in [0.25, 0.3) is 0 Å². The number of rotatable bonds is 2.